The molecule has 7 nitrogen and oxygen atoms in total. The lowest BCUT2D eigenvalue weighted by Crippen LogP contribution is -2.02. The van der Waals surface area contributed by atoms with Crippen LogP contribution < -0.4 is 0 Å². The normalized spacial score (nSPS) is 15.1. The van der Waals surface area contributed by atoms with E-state index in [1.165, 1.54) is 5.56 Å². The minimum Gasteiger partial charge on any atom is -0.247 e. The van der Waals surface area contributed by atoms with Gasteiger partial charge in [0, 0.05) is 18.2 Å². The highest BCUT2D eigenvalue weighted by Crippen LogP contribution is 2.30. The zero-order chi connectivity index (χ0) is 20.8. The van der Waals surface area contributed by atoms with Crippen molar-refractivity contribution in [2.24, 2.45) is 22.0 Å². The molecule has 0 amide bonds. The molecule has 4 aromatic rings. The molecule has 0 unspecified atom stereocenters. The second-order valence-corrected chi connectivity index (χ2v) is 7.42. The molecule has 1 aliphatic rings. The minimum atomic E-state index is 0.602. The fourth-order valence-electron chi connectivity index (χ4n) is 3.61. The van der Waals surface area contributed by atoms with Crippen LogP contribution in [0.3, 0.4) is 0 Å². The molecule has 0 saturated carbocycles. The maximum Gasteiger partial charge on any atom is 0.183 e. The zero-order valence-electron chi connectivity index (χ0n) is 17.3. The first-order valence-corrected chi connectivity index (χ1v) is 9.79. The number of hydrogen-bond donors (Lipinski definition) is 0. The molecule has 2 aromatic carbocycles. The standard InChI is InChI=1S/C23H21N7/c1-14-9-8-12-18(13-14)22-28-29(4)23-19(15(2)27-30(22)23)25-20-16(3)24-21(26-20)17-10-6-5-7-11-17/h5-13H,1-4H3. The number of aliphatic imine (C=N–C) groups is 3. The van der Waals surface area contributed by atoms with Crippen molar-refractivity contribution in [3.63, 3.8) is 0 Å². The van der Waals surface area contributed by atoms with Gasteiger partial charge in [-0.3, -0.25) is 0 Å². The van der Waals surface area contributed by atoms with Crippen molar-refractivity contribution in [3.05, 3.63) is 71.4 Å². The summed E-state index contributed by atoms with van der Waals surface area (Å²) < 4.78 is 3.67. The molecule has 30 heavy (non-hydrogen) atoms. The molecule has 5 rings (SSSR count). The SMILES string of the molecule is CC1=NC(c2ccccc2)=NC1=Nc1c(C)nn2c(-c3cccc(C)c3)nn(C)c12. The molecule has 0 atom stereocenters. The number of rotatable bonds is 3. The number of nitrogens with zero attached hydrogens (tertiary/aromatic N) is 7. The highest BCUT2D eigenvalue weighted by Gasteiger charge is 2.21. The van der Waals surface area contributed by atoms with Crippen LogP contribution in [-0.2, 0) is 7.05 Å². The molecule has 148 valence electrons. The van der Waals surface area contributed by atoms with Crippen molar-refractivity contribution in [1.29, 1.82) is 0 Å². The van der Waals surface area contributed by atoms with Crippen molar-refractivity contribution in [2.45, 2.75) is 20.8 Å². The van der Waals surface area contributed by atoms with E-state index in [0.29, 0.717) is 11.7 Å². The monoisotopic (exact) mass is 395 g/mol. The van der Waals surface area contributed by atoms with E-state index in [1.807, 2.05) is 72.6 Å². The quantitative estimate of drug-likeness (QED) is 0.519. The Hall–Kier alpha value is -3.87. The third-order valence-corrected chi connectivity index (χ3v) is 5.09. The van der Waals surface area contributed by atoms with Crippen molar-refractivity contribution in [3.8, 4) is 11.4 Å². The fourth-order valence-corrected chi connectivity index (χ4v) is 3.61. The summed E-state index contributed by atoms with van der Waals surface area (Å²) in [4.78, 5) is 14.1. The van der Waals surface area contributed by atoms with Crippen molar-refractivity contribution in [2.75, 3.05) is 0 Å². The molecular formula is C23H21N7. The summed E-state index contributed by atoms with van der Waals surface area (Å²) in [6.45, 7) is 5.95. The maximum atomic E-state index is 4.84. The average Bonchev–Trinajstić information content (AvgIpc) is 3.37. The van der Waals surface area contributed by atoms with Crippen LogP contribution >= 0.6 is 0 Å². The van der Waals surface area contributed by atoms with Crippen LogP contribution in [0.2, 0.25) is 0 Å². The van der Waals surface area contributed by atoms with Gasteiger partial charge in [0.15, 0.2) is 23.1 Å². The smallest absolute Gasteiger partial charge is 0.183 e. The van der Waals surface area contributed by atoms with E-state index >= 15 is 0 Å². The second-order valence-electron chi connectivity index (χ2n) is 7.42. The molecule has 2 aromatic heterocycles. The number of fused-ring (bicyclic) bond motifs is 1. The molecular weight excluding hydrogens is 374 g/mol. The van der Waals surface area contributed by atoms with Crippen LogP contribution in [-0.4, -0.2) is 36.8 Å². The van der Waals surface area contributed by atoms with Crippen LogP contribution in [0.4, 0.5) is 5.69 Å². The van der Waals surface area contributed by atoms with Crippen molar-refractivity contribution in [1.82, 2.24) is 19.4 Å². The van der Waals surface area contributed by atoms with E-state index in [4.69, 9.17) is 15.2 Å². The van der Waals surface area contributed by atoms with Crippen LogP contribution in [0, 0.1) is 13.8 Å². The van der Waals surface area contributed by atoms with Crippen LogP contribution in [0.25, 0.3) is 17.0 Å². The largest absolute Gasteiger partial charge is 0.247 e. The predicted molar refractivity (Wildman–Crippen MR) is 120 cm³/mol. The lowest BCUT2D eigenvalue weighted by molar-refractivity contribution is 0.800. The number of benzene rings is 2. The lowest BCUT2D eigenvalue weighted by atomic mass is 10.1. The Morgan fingerprint density at radius 3 is 2.37 bits per heavy atom. The topological polar surface area (TPSA) is 72.2 Å². The number of aromatic nitrogens is 4. The van der Waals surface area contributed by atoms with E-state index in [2.05, 4.69) is 29.0 Å². The Kier molecular flexibility index (Phi) is 4.17. The van der Waals surface area contributed by atoms with E-state index in [1.54, 1.807) is 0 Å². The molecule has 1 aliphatic heterocycles. The first kappa shape index (κ1) is 18.2. The zero-order valence-corrected chi connectivity index (χ0v) is 17.3. The molecule has 0 fully saturated rings. The minimum absolute atomic E-state index is 0.602. The van der Waals surface area contributed by atoms with E-state index in [-0.39, 0.29) is 0 Å². The van der Waals surface area contributed by atoms with E-state index in [0.717, 1.165) is 39.7 Å². The molecule has 3 heterocycles. The molecule has 0 saturated heterocycles. The van der Waals surface area contributed by atoms with Gasteiger partial charge in [0.1, 0.15) is 5.69 Å². The Bertz CT molecular complexity index is 1370. The summed E-state index contributed by atoms with van der Waals surface area (Å²) in [5.74, 6) is 2.07. The molecule has 7 heteroatoms. The third kappa shape index (κ3) is 2.95. The number of aryl methyl sites for hydroxylation is 3. The van der Waals surface area contributed by atoms with Crippen molar-refractivity contribution < 1.29 is 0 Å². The summed E-state index contributed by atoms with van der Waals surface area (Å²) in [5, 5.41) is 9.42. The molecule has 0 N–H and O–H groups in total. The van der Waals surface area contributed by atoms with Gasteiger partial charge in [0.05, 0.1) is 11.4 Å². The van der Waals surface area contributed by atoms with Gasteiger partial charge in [-0.25, -0.2) is 19.7 Å². The Morgan fingerprint density at radius 1 is 0.833 bits per heavy atom. The molecule has 0 bridgehead atoms. The highest BCUT2D eigenvalue weighted by atomic mass is 15.4. The second kappa shape index (κ2) is 6.88. The lowest BCUT2D eigenvalue weighted by Gasteiger charge is -1.98. The summed E-state index contributed by atoms with van der Waals surface area (Å²) >= 11 is 0. The average molecular weight is 395 g/mol. The van der Waals surface area contributed by atoms with Crippen LogP contribution in [0.1, 0.15) is 23.7 Å². The Balaban J connectivity index is 1.63. The van der Waals surface area contributed by atoms with E-state index in [9.17, 15) is 0 Å². The molecule has 0 radical (unpaired) electrons. The first-order chi connectivity index (χ1) is 14.5. The van der Waals surface area contributed by atoms with Gasteiger partial charge in [0.2, 0.25) is 0 Å². The van der Waals surface area contributed by atoms with Crippen LogP contribution in [0.5, 0.6) is 0 Å². The van der Waals surface area contributed by atoms with Gasteiger partial charge in [0.25, 0.3) is 0 Å². The van der Waals surface area contributed by atoms with Crippen LogP contribution in [0.15, 0.2) is 69.6 Å². The predicted octanol–water partition coefficient (Wildman–Crippen LogP) is 4.30. The third-order valence-electron chi connectivity index (χ3n) is 5.09. The Morgan fingerprint density at radius 2 is 1.60 bits per heavy atom. The summed E-state index contributed by atoms with van der Waals surface area (Å²) in [5.41, 5.74) is 6.36. The summed E-state index contributed by atoms with van der Waals surface area (Å²) in [6.07, 6.45) is 0. The highest BCUT2D eigenvalue weighted by molar-refractivity contribution is 6.48. The first-order valence-electron chi connectivity index (χ1n) is 9.79. The van der Waals surface area contributed by atoms with E-state index < -0.39 is 0 Å². The van der Waals surface area contributed by atoms with Crippen molar-refractivity contribution >= 4 is 28.7 Å². The summed E-state index contributed by atoms with van der Waals surface area (Å²) in [6, 6.07) is 18.2. The number of amidine groups is 2. The van der Waals surface area contributed by atoms with Gasteiger partial charge in [-0.15, -0.1) is 0 Å². The van der Waals surface area contributed by atoms with Gasteiger partial charge in [-0.05, 0) is 26.8 Å². The van der Waals surface area contributed by atoms with Gasteiger partial charge in [-0.1, -0.05) is 54.1 Å². The maximum absolute atomic E-state index is 4.84. The van der Waals surface area contributed by atoms with Gasteiger partial charge in [-0.2, -0.15) is 14.7 Å². The van der Waals surface area contributed by atoms with Gasteiger partial charge >= 0.3 is 0 Å². The fraction of sp³-hybridized carbons (Fsp3) is 0.174. The molecule has 0 spiro atoms. The Labute approximate surface area is 174 Å². The molecule has 0 aliphatic carbocycles. The number of hydrogen-bond acceptors (Lipinski definition) is 4. The van der Waals surface area contributed by atoms with Gasteiger partial charge < -0.3 is 0 Å². The summed E-state index contributed by atoms with van der Waals surface area (Å²) in [7, 11) is 1.91.